The van der Waals surface area contributed by atoms with Gasteiger partial charge in [0, 0.05) is 16.4 Å². The van der Waals surface area contributed by atoms with Gasteiger partial charge in [0.05, 0.1) is 6.04 Å². The van der Waals surface area contributed by atoms with Crippen molar-refractivity contribution in [1.82, 2.24) is 10.2 Å². The molecule has 2 aromatic rings. The SMILES string of the molecule is Cc1cc(OCC(=O)NCC(c2cccs2)N2CCCC2)cc(C)c1Cl.Cl. The number of amides is 1. The molecule has 1 unspecified atom stereocenters. The third-order valence-electron chi connectivity index (χ3n) is 4.73. The summed E-state index contributed by atoms with van der Waals surface area (Å²) in [6.45, 7) is 6.68. The first-order chi connectivity index (χ1) is 12.5. The summed E-state index contributed by atoms with van der Waals surface area (Å²) in [6.07, 6.45) is 2.46. The van der Waals surface area contributed by atoms with Crippen LogP contribution in [0, 0.1) is 13.8 Å². The van der Waals surface area contributed by atoms with Crippen molar-refractivity contribution in [2.24, 2.45) is 0 Å². The topological polar surface area (TPSA) is 41.6 Å². The Labute approximate surface area is 176 Å². The highest BCUT2D eigenvalue weighted by Gasteiger charge is 2.24. The van der Waals surface area contributed by atoms with Crippen LogP contribution in [0.4, 0.5) is 0 Å². The average Bonchev–Trinajstić information content (AvgIpc) is 3.32. The standard InChI is InChI=1S/C20H25ClN2O2S.ClH/c1-14-10-16(11-15(2)20(14)21)25-13-19(24)22-12-17(18-6-5-9-26-18)23-7-3-4-8-23;/h5-6,9-11,17H,3-4,7-8,12-13H2,1-2H3,(H,22,24);1H. The van der Waals surface area contributed by atoms with Gasteiger partial charge in [0.25, 0.3) is 5.91 Å². The maximum Gasteiger partial charge on any atom is 0.258 e. The molecule has 1 fully saturated rings. The van der Waals surface area contributed by atoms with Gasteiger partial charge in [-0.25, -0.2) is 0 Å². The largest absolute Gasteiger partial charge is 0.484 e. The van der Waals surface area contributed by atoms with E-state index >= 15 is 0 Å². The number of halogens is 2. The molecule has 0 spiro atoms. The highest BCUT2D eigenvalue weighted by Crippen LogP contribution is 2.28. The van der Waals surface area contributed by atoms with Gasteiger partial charge < -0.3 is 10.1 Å². The molecule has 1 aliphatic rings. The summed E-state index contributed by atoms with van der Waals surface area (Å²) in [6, 6.07) is 8.19. The molecular formula is C20H26Cl2N2O2S. The van der Waals surface area contributed by atoms with Gasteiger partial charge in [-0.05, 0) is 74.5 Å². The Hall–Kier alpha value is -1.27. The highest BCUT2D eigenvalue weighted by atomic mass is 35.5. The zero-order chi connectivity index (χ0) is 18.5. The average molecular weight is 429 g/mol. The second-order valence-corrected chi connectivity index (χ2v) is 8.10. The lowest BCUT2D eigenvalue weighted by Gasteiger charge is -2.26. The summed E-state index contributed by atoms with van der Waals surface area (Å²) >= 11 is 7.92. The molecule has 0 aliphatic carbocycles. The number of aryl methyl sites for hydroxylation is 2. The van der Waals surface area contributed by atoms with E-state index in [1.807, 2.05) is 26.0 Å². The van der Waals surface area contributed by atoms with Gasteiger partial charge in [-0.3, -0.25) is 9.69 Å². The lowest BCUT2D eigenvalue weighted by atomic mass is 10.1. The van der Waals surface area contributed by atoms with Crippen molar-refractivity contribution in [3.05, 3.63) is 50.7 Å². The molecule has 0 radical (unpaired) electrons. The van der Waals surface area contributed by atoms with Crippen molar-refractivity contribution in [2.75, 3.05) is 26.2 Å². The van der Waals surface area contributed by atoms with E-state index in [1.165, 1.54) is 17.7 Å². The quantitative estimate of drug-likeness (QED) is 0.689. The molecule has 1 aromatic carbocycles. The molecule has 1 N–H and O–H groups in total. The minimum atomic E-state index is -0.101. The van der Waals surface area contributed by atoms with Crippen LogP contribution >= 0.6 is 35.3 Å². The van der Waals surface area contributed by atoms with Crippen LogP contribution in [0.5, 0.6) is 5.75 Å². The Morgan fingerprint density at radius 1 is 1.30 bits per heavy atom. The van der Waals surface area contributed by atoms with E-state index in [-0.39, 0.29) is 31.0 Å². The molecule has 1 saturated heterocycles. The molecule has 27 heavy (non-hydrogen) atoms. The van der Waals surface area contributed by atoms with E-state index in [4.69, 9.17) is 16.3 Å². The molecule has 0 saturated carbocycles. The Morgan fingerprint density at radius 2 is 1.96 bits per heavy atom. The third kappa shape index (κ3) is 5.85. The van der Waals surface area contributed by atoms with Crippen LogP contribution in [-0.2, 0) is 4.79 Å². The molecule has 7 heteroatoms. The van der Waals surface area contributed by atoms with Gasteiger partial charge in [0.2, 0.25) is 0 Å². The summed E-state index contributed by atoms with van der Waals surface area (Å²) in [5, 5.41) is 5.87. The summed E-state index contributed by atoms with van der Waals surface area (Å²) in [5.41, 5.74) is 1.91. The summed E-state index contributed by atoms with van der Waals surface area (Å²) in [7, 11) is 0. The van der Waals surface area contributed by atoms with Crippen LogP contribution in [0.3, 0.4) is 0 Å². The number of thiophene rings is 1. The highest BCUT2D eigenvalue weighted by molar-refractivity contribution is 7.10. The fourth-order valence-corrected chi connectivity index (χ4v) is 4.31. The number of hydrogen-bond acceptors (Lipinski definition) is 4. The van der Waals surface area contributed by atoms with Crippen LogP contribution in [0.2, 0.25) is 5.02 Å². The lowest BCUT2D eigenvalue weighted by molar-refractivity contribution is -0.123. The number of carbonyl (C=O) groups is 1. The maximum atomic E-state index is 12.3. The number of nitrogens with zero attached hydrogens (tertiary/aromatic N) is 1. The van der Waals surface area contributed by atoms with E-state index in [0.29, 0.717) is 12.3 Å². The van der Waals surface area contributed by atoms with E-state index in [2.05, 4.69) is 27.7 Å². The van der Waals surface area contributed by atoms with Crippen molar-refractivity contribution < 1.29 is 9.53 Å². The number of likely N-dealkylation sites (tertiary alicyclic amines) is 1. The molecule has 1 amide bonds. The number of carbonyl (C=O) groups excluding carboxylic acids is 1. The molecule has 4 nitrogen and oxygen atoms in total. The second kappa shape index (κ2) is 10.3. The Kier molecular flexibility index (Phi) is 8.42. The van der Waals surface area contributed by atoms with E-state index < -0.39 is 0 Å². The van der Waals surface area contributed by atoms with Crippen molar-refractivity contribution in [3.63, 3.8) is 0 Å². The van der Waals surface area contributed by atoms with E-state index in [0.717, 1.165) is 29.2 Å². The molecule has 2 heterocycles. The first-order valence-corrected chi connectivity index (χ1v) is 10.2. The van der Waals surface area contributed by atoms with Crippen molar-refractivity contribution in [1.29, 1.82) is 0 Å². The van der Waals surface area contributed by atoms with Crippen LogP contribution < -0.4 is 10.1 Å². The Morgan fingerprint density at radius 3 is 2.56 bits per heavy atom. The monoisotopic (exact) mass is 428 g/mol. The van der Waals surface area contributed by atoms with Crippen LogP contribution in [0.15, 0.2) is 29.6 Å². The lowest BCUT2D eigenvalue weighted by Crippen LogP contribution is -2.38. The van der Waals surface area contributed by atoms with Gasteiger partial charge >= 0.3 is 0 Å². The molecule has 3 rings (SSSR count). The summed E-state index contributed by atoms with van der Waals surface area (Å²) in [5.74, 6) is 0.574. The summed E-state index contributed by atoms with van der Waals surface area (Å²) in [4.78, 5) is 16.0. The predicted octanol–water partition coefficient (Wildman–Crippen LogP) is 4.77. The predicted molar refractivity (Wildman–Crippen MR) is 115 cm³/mol. The first kappa shape index (κ1) is 22.0. The van der Waals surface area contributed by atoms with Gasteiger partial charge in [-0.1, -0.05) is 17.7 Å². The smallest absolute Gasteiger partial charge is 0.258 e. The fourth-order valence-electron chi connectivity index (χ4n) is 3.34. The van der Waals surface area contributed by atoms with Gasteiger partial charge in [0.1, 0.15) is 5.75 Å². The Balaban J connectivity index is 0.00000261. The number of hydrogen-bond donors (Lipinski definition) is 1. The molecule has 148 valence electrons. The molecule has 1 aromatic heterocycles. The van der Waals surface area contributed by atoms with Crippen molar-refractivity contribution >= 4 is 41.3 Å². The van der Waals surface area contributed by atoms with Gasteiger partial charge in [0.15, 0.2) is 6.61 Å². The normalized spacial score (nSPS) is 15.2. The van der Waals surface area contributed by atoms with E-state index in [1.54, 1.807) is 11.3 Å². The number of benzene rings is 1. The molecule has 1 atom stereocenters. The maximum absolute atomic E-state index is 12.3. The molecule has 1 aliphatic heterocycles. The second-order valence-electron chi connectivity index (χ2n) is 6.74. The fraction of sp³-hybridized carbons (Fsp3) is 0.450. The molecule has 0 bridgehead atoms. The summed E-state index contributed by atoms with van der Waals surface area (Å²) < 4.78 is 5.65. The van der Waals surface area contributed by atoms with Crippen molar-refractivity contribution in [3.8, 4) is 5.75 Å². The minimum Gasteiger partial charge on any atom is -0.484 e. The molecular weight excluding hydrogens is 403 g/mol. The van der Waals surface area contributed by atoms with Gasteiger partial charge in [-0.15, -0.1) is 23.7 Å². The number of ether oxygens (including phenoxy) is 1. The van der Waals surface area contributed by atoms with Crippen LogP contribution in [-0.4, -0.2) is 37.0 Å². The zero-order valence-electron chi connectivity index (χ0n) is 15.7. The van der Waals surface area contributed by atoms with Crippen LogP contribution in [0.25, 0.3) is 0 Å². The van der Waals surface area contributed by atoms with Gasteiger partial charge in [-0.2, -0.15) is 0 Å². The minimum absolute atomic E-state index is 0. The van der Waals surface area contributed by atoms with E-state index in [9.17, 15) is 4.79 Å². The number of nitrogens with one attached hydrogen (secondary N) is 1. The third-order valence-corrected chi connectivity index (χ3v) is 6.30. The van der Waals surface area contributed by atoms with Crippen molar-refractivity contribution in [2.45, 2.75) is 32.7 Å². The van der Waals surface area contributed by atoms with Crippen LogP contribution in [0.1, 0.15) is 34.9 Å². The number of rotatable bonds is 7. The zero-order valence-corrected chi connectivity index (χ0v) is 18.1. The Bertz CT molecular complexity index is 723. The first-order valence-electron chi connectivity index (χ1n) is 8.98.